The zero-order valence-electron chi connectivity index (χ0n) is 17.1. The van der Waals surface area contributed by atoms with E-state index in [4.69, 9.17) is 9.97 Å². The molecule has 4 rings (SSSR count). The summed E-state index contributed by atoms with van der Waals surface area (Å²) in [4.78, 5) is 18.6. The normalized spacial score (nSPS) is 14.7. The Bertz CT molecular complexity index is 934. The van der Waals surface area contributed by atoms with Crippen LogP contribution in [0, 0.1) is 0 Å². The van der Waals surface area contributed by atoms with Crippen LogP contribution in [0.4, 0.5) is 17.5 Å². The van der Waals surface area contributed by atoms with Gasteiger partial charge in [-0.2, -0.15) is 15.1 Å². The first-order chi connectivity index (χ1) is 13.5. The molecule has 0 atom stereocenters. The molecule has 0 radical (unpaired) electrons. The molecule has 3 aromatic heterocycles. The molecule has 0 saturated carbocycles. The summed E-state index contributed by atoms with van der Waals surface area (Å²) in [6.07, 6.45) is 8.06. The summed E-state index contributed by atoms with van der Waals surface area (Å²) in [6, 6.07) is 0.285. The zero-order chi connectivity index (χ0) is 19.7. The van der Waals surface area contributed by atoms with Gasteiger partial charge in [0.1, 0.15) is 0 Å². The predicted octanol–water partition coefficient (Wildman–Crippen LogP) is 2.51. The smallest absolute Gasteiger partial charge is 0.229 e. The lowest BCUT2D eigenvalue weighted by Gasteiger charge is -2.17. The van der Waals surface area contributed by atoms with Crippen LogP contribution in [0.1, 0.15) is 32.7 Å². The van der Waals surface area contributed by atoms with Crippen LogP contribution in [0.25, 0.3) is 11.2 Å². The van der Waals surface area contributed by atoms with Crippen molar-refractivity contribution in [3.05, 3.63) is 18.7 Å². The number of rotatable bonds is 7. The van der Waals surface area contributed by atoms with E-state index in [1.807, 2.05) is 23.4 Å². The highest BCUT2D eigenvalue weighted by atomic mass is 15.3. The topological polar surface area (TPSA) is 79.9 Å². The third-order valence-electron chi connectivity index (χ3n) is 5.03. The summed E-state index contributed by atoms with van der Waals surface area (Å²) >= 11 is 0. The highest BCUT2D eigenvalue weighted by Gasteiger charge is 2.20. The quantitative estimate of drug-likeness (QED) is 0.671. The lowest BCUT2D eigenvalue weighted by molar-refractivity contribution is 0.373. The molecule has 0 bridgehead atoms. The van der Waals surface area contributed by atoms with E-state index in [1.54, 1.807) is 0 Å². The number of fused-ring (bicyclic) bond motifs is 1. The summed E-state index contributed by atoms with van der Waals surface area (Å²) in [5, 5.41) is 7.87. The molecule has 1 N–H and O–H groups in total. The highest BCUT2D eigenvalue weighted by Crippen LogP contribution is 2.28. The van der Waals surface area contributed by atoms with E-state index >= 15 is 0 Å². The first-order valence-electron chi connectivity index (χ1n) is 9.95. The van der Waals surface area contributed by atoms with Crippen molar-refractivity contribution in [1.29, 1.82) is 0 Å². The number of imidazole rings is 1. The van der Waals surface area contributed by atoms with E-state index in [1.165, 1.54) is 12.8 Å². The Morgan fingerprint density at radius 2 is 1.96 bits per heavy atom. The average molecular weight is 384 g/mol. The number of likely N-dealkylation sites (N-methyl/N-ethyl adjacent to an activating group) is 1. The molecule has 1 saturated heterocycles. The van der Waals surface area contributed by atoms with Crippen molar-refractivity contribution in [1.82, 2.24) is 34.2 Å². The van der Waals surface area contributed by atoms with Gasteiger partial charge in [0.25, 0.3) is 0 Å². The number of nitrogens with zero attached hydrogens (tertiary/aromatic N) is 8. The Morgan fingerprint density at radius 1 is 1.18 bits per heavy atom. The van der Waals surface area contributed by atoms with Crippen molar-refractivity contribution in [2.45, 2.75) is 39.3 Å². The molecule has 28 heavy (non-hydrogen) atoms. The second-order valence-electron chi connectivity index (χ2n) is 7.90. The molecule has 3 aromatic rings. The van der Waals surface area contributed by atoms with Gasteiger partial charge in [0.2, 0.25) is 5.95 Å². The van der Waals surface area contributed by atoms with Crippen LogP contribution in [0.15, 0.2) is 18.7 Å². The van der Waals surface area contributed by atoms with Gasteiger partial charge >= 0.3 is 0 Å². The van der Waals surface area contributed by atoms with Crippen LogP contribution in [0.3, 0.4) is 0 Å². The fourth-order valence-electron chi connectivity index (χ4n) is 3.42. The van der Waals surface area contributed by atoms with Crippen molar-refractivity contribution >= 4 is 28.6 Å². The SMILES string of the molecule is CC(C)n1cnc2c(Nc3cnn(CCN(C)C)c3)nc(N3CCCC3)nc21. The van der Waals surface area contributed by atoms with E-state index in [9.17, 15) is 0 Å². The zero-order valence-corrected chi connectivity index (χ0v) is 17.1. The number of hydrogen-bond acceptors (Lipinski definition) is 7. The molecule has 0 spiro atoms. The molecule has 150 valence electrons. The van der Waals surface area contributed by atoms with Gasteiger partial charge in [-0.1, -0.05) is 0 Å². The van der Waals surface area contributed by atoms with E-state index in [2.05, 4.69) is 57.7 Å². The van der Waals surface area contributed by atoms with E-state index < -0.39 is 0 Å². The minimum atomic E-state index is 0.285. The van der Waals surface area contributed by atoms with Gasteiger partial charge < -0.3 is 19.7 Å². The van der Waals surface area contributed by atoms with Gasteiger partial charge in [0, 0.05) is 31.9 Å². The highest BCUT2D eigenvalue weighted by molar-refractivity contribution is 5.86. The summed E-state index contributed by atoms with van der Waals surface area (Å²) in [6.45, 7) is 8.07. The van der Waals surface area contributed by atoms with Gasteiger partial charge in [0.05, 0.1) is 24.8 Å². The van der Waals surface area contributed by atoms with Crippen molar-refractivity contribution in [2.24, 2.45) is 0 Å². The van der Waals surface area contributed by atoms with Crippen LogP contribution in [0.5, 0.6) is 0 Å². The van der Waals surface area contributed by atoms with E-state index in [-0.39, 0.29) is 6.04 Å². The molecule has 9 nitrogen and oxygen atoms in total. The van der Waals surface area contributed by atoms with Gasteiger partial charge in [-0.05, 0) is 40.8 Å². The Hall–Kier alpha value is -2.68. The molecular weight excluding hydrogens is 354 g/mol. The lowest BCUT2D eigenvalue weighted by Crippen LogP contribution is -2.21. The van der Waals surface area contributed by atoms with Gasteiger partial charge in [-0.15, -0.1) is 0 Å². The maximum atomic E-state index is 4.84. The molecule has 1 fully saturated rings. The second-order valence-corrected chi connectivity index (χ2v) is 7.90. The standard InChI is InChI=1S/C19H29N9/c1-14(2)28-13-20-16-17(22-15-11-21-27(12-15)10-9-25(3)4)23-19(24-18(16)28)26-7-5-6-8-26/h11-14H,5-10H2,1-4H3,(H,22,23,24). The Kier molecular flexibility index (Phi) is 5.17. The monoisotopic (exact) mass is 383 g/mol. The largest absolute Gasteiger partial charge is 0.341 e. The molecule has 0 aliphatic carbocycles. The summed E-state index contributed by atoms with van der Waals surface area (Å²) < 4.78 is 4.04. The van der Waals surface area contributed by atoms with Crippen LogP contribution in [-0.4, -0.2) is 67.9 Å². The molecule has 4 heterocycles. The van der Waals surface area contributed by atoms with Gasteiger partial charge in [0.15, 0.2) is 17.0 Å². The number of anilines is 3. The van der Waals surface area contributed by atoms with Crippen molar-refractivity contribution in [3.8, 4) is 0 Å². The van der Waals surface area contributed by atoms with Crippen molar-refractivity contribution < 1.29 is 0 Å². The fourth-order valence-corrected chi connectivity index (χ4v) is 3.42. The fraction of sp³-hybridized carbons (Fsp3) is 0.579. The molecule has 9 heteroatoms. The first-order valence-corrected chi connectivity index (χ1v) is 9.95. The summed E-state index contributed by atoms with van der Waals surface area (Å²) in [5.41, 5.74) is 2.57. The third kappa shape index (κ3) is 3.80. The molecule has 1 aliphatic heterocycles. The Balaban J connectivity index is 1.67. The molecule has 1 aliphatic rings. The third-order valence-corrected chi connectivity index (χ3v) is 5.03. The number of aromatic nitrogens is 6. The predicted molar refractivity (Wildman–Crippen MR) is 111 cm³/mol. The van der Waals surface area contributed by atoms with Crippen LogP contribution >= 0.6 is 0 Å². The molecule has 0 aromatic carbocycles. The Labute approximate surface area is 165 Å². The molecule has 0 unspecified atom stereocenters. The van der Waals surface area contributed by atoms with E-state index in [0.717, 1.165) is 54.8 Å². The lowest BCUT2D eigenvalue weighted by atomic mass is 10.4. The second kappa shape index (κ2) is 7.75. The van der Waals surface area contributed by atoms with Gasteiger partial charge in [-0.25, -0.2) is 4.98 Å². The van der Waals surface area contributed by atoms with Crippen LogP contribution in [0.2, 0.25) is 0 Å². The molecular formula is C19H29N9. The maximum absolute atomic E-state index is 4.84. The summed E-state index contributed by atoms with van der Waals surface area (Å²) in [7, 11) is 4.12. The molecule has 0 amide bonds. The van der Waals surface area contributed by atoms with Crippen molar-refractivity contribution in [3.63, 3.8) is 0 Å². The minimum Gasteiger partial charge on any atom is -0.341 e. The van der Waals surface area contributed by atoms with Crippen molar-refractivity contribution in [2.75, 3.05) is 43.9 Å². The average Bonchev–Trinajstić information content (AvgIpc) is 3.40. The number of nitrogens with one attached hydrogen (secondary N) is 1. The van der Waals surface area contributed by atoms with Gasteiger partial charge in [-0.3, -0.25) is 4.68 Å². The van der Waals surface area contributed by atoms with Crippen LogP contribution in [-0.2, 0) is 6.54 Å². The van der Waals surface area contributed by atoms with Crippen LogP contribution < -0.4 is 10.2 Å². The first kappa shape index (κ1) is 18.7. The maximum Gasteiger partial charge on any atom is 0.229 e. The minimum absolute atomic E-state index is 0.285. The van der Waals surface area contributed by atoms with E-state index in [0.29, 0.717) is 0 Å². The summed E-state index contributed by atoms with van der Waals surface area (Å²) in [5.74, 6) is 1.51. The Morgan fingerprint density at radius 3 is 2.68 bits per heavy atom. The number of hydrogen-bond donors (Lipinski definition) is 1.